The van der Waals surface area contributed by atoms with Crippen LogP contribution in [-0.4, -0.2) is 0 Å². The molecule has 0 bridgehead atoms. The lowest BCUT2D eigenvalue weighted by Crippen LogP contribution is -2.01. The molecular formula is C24H26O2. The lowest BCUT2D eigenvalue weighted by molar-refractivity contribution is 0.297. The average Bonchev–Trinajstić information content (AvgIpc) is 2.71. The van der Waals surface area contributed by atoms with Crippen LogP contribution in [0.25, 0.3) is 0 Å². The number of ether oxygens (including phenoxy) is 2. The summed E-state index contributed by atoms with van der Waals surface area (Å²) < 4.78 is 12.1. The quantitative estimate of drug-likeness (QED) is 0.500. The van der Waals surface area contributed by atoms with Crippen molar-refractivity contribution in [2.45, 2.75) is 39.9 Å². The Morgan fingerprint density at radius 2 is 1.04 bits per heavy atom. The van der Waals surface area contributed by atoms with E-state index >= 15 is 0 Å². The van der Waals surface area contributed by atoms with E-state index in [0.717, 1.165) is 35.5 Å². The molecule has 3 rings (SSSR count). The number of benzene rings is 3. The van der Waals surface area contributed by atoms with E-state index < -0.39 is 0 Å². The zero-order valence-corrected chi connectivity index (χ0v) is 15.6. The minimum absolute atomic E-state index is 0.566. The van der Waals surface area contributed by atoms with Gasteiger partial charge in [0.25, 0.3) is 0 Å². The molecule has 3 aromatic carbocycles. The Morgan fingerprint density at radius 3 is 1.50 bits per heavy atom. The molecule has 0 atom stereocenters. The van der Waals surface area contributed by atoms with Crippen molar-refractivity contribution in [2.24, 2.45) is 0 Å². The molecule has 0 fully saturated rings. The first-order valence-electron chi connectivity index (χ1n) is 9.29. The smallest absolute Gasteiger partial charge is 0.122 e. The Labute approximate surface area is 156 Å². The summed E-state index contributed by atoms with van der Waals surface area (Å²) in [6.07, 6.45) is 1.95. The Bertz CT molecular complexity index is 772. The Balaban J connectivity index is 1.63. The maximum atomic E-state index is 6.03. The molecule has 2 heteroatoms. The van der Waals surface area contributed by atoms with Crippen LogP contribution in [0.3, 0.4) is 0 Å². The van der Waals surface area contributed by atoms with Crippen molar-refractivity contribution in [1.29, 1.82) is 0 Å². The van der Waals surface area contributed by atoms with Crippen molar-refractivity contribution in [2.75, 3.05) is 0 Å². The van der Waals surface area contributed by atoms with Crippen molar-refractivity contribution in [3.63, 3.8) is 0 Å². The van der Waals surface area contributed by atoms with Crippen molar-refractivity contribution in [1.82, 2.24) is 0 Å². The van der Waals surface area contributed by atoms with Crippen LogP contribution < -0.4 is 9.47 Å². The molecule has 26 heavy (non-hydrogen) atoms. The van der Waals surface area contributed by atoms with Gasteiger partial charge in [0, 0.05) is 0 Å². The van der Waals surface area contributed by atoms with Crippen LogP contribution in [0.4, 0.5) is 0 Å². The highest BCUT2D eigenvalue weighted by atomic mass is 16.5. The Kier molecular flexibility index (Phi) is 6.32. The normalized spacial score (nSPS) is 10.5. The molecule has 0 aliphatic heterocycles. The molecule has 0 aliphatic carbocycles. The largest absolute Gasteiger partial charge is 0.489 e. The molecule has 0 heterocycles. The van der Waals surface area contributed by atoms with Gasteiger partial charge in [0.15, 0.2) is 0 Å². The Hall–Kier alpha value is -2.74. The SMILES string of the molecule is CCc1ccccc1OCc1cccc(COc2ccccc2CC)c1. The van der Waals surface area contributed by atoms with Crippen molar-refractivity contribution < 1.29 is 9.47 Å². The second-order valence-electron chi connectivity index (χ2n) is 6.32. The van der Waals surface area contributed by atoms with E-state index in [-0.39, 0.29) is 0 Å². The van der Waals surface area contributed by atoms with Gasteiger partial charge in [-0.15, -0.1) is 0 Å². The fraction of sp³-hybridized carbons (Fsp3) is 0.250. The highest BCUT2D eigenvalue weighted by molar-refractivity contribution is 5.35. The summed E-state index contributed by atoms with van der Waals surface area (Å²) in [7, 11) is 0. The Morgan fingerprint density at radius 1 is 0.577 bits per heavy atom. The third-order valence-electron chi connectivity index (χ3n) is 4.49. The molecule has 2 nitrogen and oxygen atoms in total. The van der Waals surface area contributed by atoms with Crippen LogP contribution in [0, 0.1) is 0 Å². The molecule has 0 unspecified atom stereocenters. The fourth-order valence-corrected chi connectivity index (χ4v) is 3.00. The maximum Gasteiger partial charge on any atom is 0.122 e. The van der Waals surface area contributed by atoms with Crippen LogP contribution >= 0.6 is 0 Å². The van der Waals surface area contributed by atoms with Gasteiger partial charge in [-0.3, -0.25) is 0 Å². The minimum atomic E-state index is 0.566. The predicted octanol–water partition coefficient (Wildman–Crippen LogP) is 5.97. The summed E-state index contributed by atoms with van der Waals surface area (Å²) in [6, 6.07) is 24.9. The van der Waals surface area contributed by atoms with Gasteiger partial charge in [-0.05, 0) is 53.3 Å². The van der Waals surface area contributed by atoms with Gasteiger partial charge in [0.05, 0.1) is 0 Å². The van der Waals surface area contributed by atoms with E-state index in [0.29, 0.717) is 13.2 Å². The number of rotatable bonds is 8. The van der Waals surface area contributed by atoms with Gasteiger partial charge in [0.1, 0.15) is 24.7 Å². The van der Waals surface area contributed by atoms with E-state index in [9.17, 15) is 0 Å². The molecule has 0 radical (unpaired) electrons. The second-order valence-corrected chi connectivity index (χ2v) is 6.32. The summed E-state index contributed by atoms with van der Waals surface area (Å²) in [5, 5.41) is 0. The van der Waals surface area contributed by atoms with E-state index in [4.69, 9.17) is 9.47 Å². The zero-order valence-electron chi connectivity index (χ0n) is 15.6. The standard InChI is InChI=1S/C24H26O2/c1-3-21-12-5-7-14-23(21)25-17-19-10-9-11-20(16-19)18-26-24-15-8-6-13-22(24)4-2/h5-16H,3-4,17-18H2,1-2H3. The van der Waals surface area contributed by atoms with Gasteiger partial charge in [0.2, 0.25) is 0 Å². The number of aryl methyl sites for hydroxylation is 2. The second kappa shape index (κ2) is 9.10. The number of para-hydroxylation sites is 2. The predicted molar refractivity (Wildman–Crippen MR) is 107 cm³/mol. The summed E-state index contributed by atoms with van der Waals surface area (Å²) in [5.74, 6) is 1.93. The third-order valence-corrected chi connectivity index (χ3v) is 4.49. The molecule has 0 saturated carbocycles. The molecule has 0 aromatic heterocycles. The van der Waals surface area contributed by atoms with Gasteiger partial charge in [-0.1, -0.05) is 68.4 Å². The maximum absolute atomic E-state index is 6.03. The third kappa shape index (κ3) is 4.66. The average molecular weight is 346 g/mol. The first kappa shape index (κ1) is 18.1. The van der Waals surface area contributed by atoms with Crippen LogP contribution in [0.1, 0.15) is 36.1 Å². The van der Waals surface area contributed by atoms with Crippen molar-refractivity contribution >= 4 is 0 Å². The van der Waals surface area contributed by atoms with Gasteiger partial charge in [-0.2, -0.15) is 0 Å². The molecule has 0 aliphatic rings. The first-order valence-corrected chi connectivity index (χ1v) is 9.29. The van der Waals surface area contributed by atoms with E-state index in [1.807, 2.05) is 24.3 Å². The van der Waals surface area contributed by atoms with Crippen LogP contribution in [-0.2, 0) is 26.1 Å². The molecule has 0 spiro atoms. The molecule has 134 valence electrons. The first-order chi connectivity index (χ1) is 12.8. The highest BCUT2D eigenvalue weighted by Gasteiger charge is 2.04. The molecule has 0 amide bonds. The zero-order chi connectivity index (χ0) is 18.2. The van der Waals surface area contributed by atoms with Gasteiger partial charge >= 0.3 is 0 Å². The lowest BCUT2D eigenvalue weighted by Gasteiger charge is -2.12. The monoisotopic (exact) mass is 346 g/mol. The van der Waals surface area contributed by atoms with E-state index in [1.165, 1.54) is 11.1 Å². The number of hydrogen-bond acceptors (Lipinski definition) is 2. The molecule has 3 aromatic rings. The summed E-state index contributed by atoms with van der Waals surface area (Å²) in [4.78, 5) is 0. The molecule has 0 saturated heterocycles. The van der Waals surface area contributed by atoms with Crippen LogP contribution in [0.15, 0.2) is 72.8 Å². The van der Waals surface area contributed by atoms with Crippen LogP contribution in [0.2, 0.25) is 0 Å². The lowest BCUT2D eigenvalue weighted by atomic mass is 10.1. The number of hydrogen-bond donors (Lipinski definition) is 0. The molecular weight excluding hydrogens is 320 g/mol. The van der Waals surface area contributed by atoms with E-state index in [2.05, 4.69) is 62.4 Å². The topological polar surface area (TPSA) is 18.5 Å². The van der Waals surface area contributed by atoms with Crippen molar-refractivity contribution in [3.05, 3.63) is 95.1 Å². The highest BCUT2D eigenvalue weighted by Crippen LogP contribution is 2.21. The fourth-order valence-electron chi connectivity index (χ4n) is 3.00. The molecule has 0 N–H and O–H groups in total. The van der Waals surface area contributed by atoms with Gasteiger partial charge in [-0.25, -0.2) is 0 Å². The van der Waals surface area contributed by atoms with E-state index in [1.54, 1.807) is 0 Å². The van der Waals surface area contributed by atoms with Crippen molar-refractivity contribution in [3.8, 4) is 11.5 Å². The summed E-state index contributed by atoms with van der Waals surface area (Å²) in [5.41, 5.74) is 4.79. The summed E-state index contributed by atoms with van der Waals surface area (Å²) in [6.45, 7) is 5.43. The van der Waals surface area contributed by atoms with Gasteiger partial charge < -0.3 is 9.47 Å². The summed E-state index contributed by atoms with van der Waals surface area (Å²) >= 11 is 0. The van der Waals surface area contributed by atoms with Crippen LogP contribution in [0.5, 0.6) is 11.5 Å². The minimum Gasteiger partial charge on any atom is -0.489 e.